The van der Waals surface area contributed by atoms with Crippen molar-refractivity contribution in [2.24, 2.45) is 0 Å². The number of hydrogen-bond acceptors (Lipinski definition) is 4. The zero-order valence-corrected chi connectivity index (χ0v) is 12.3. The fourth-order valence-corrected chi connectivity index (χ4v) is 4.10. The molecule has 17 heavy (non-hydrogen) atoms. The second-order valence-electron chi connectivity index (χ2n) is 3.43. The molecule has 0 saturated carbocycles. The second kappa shape index (κ2) is 6.34. The summed E-state index contributed by atoms with van der Waals surface area (Å²) in [5, 5.41) is 0. The summed E-state index contributed by atoms with van der Waals surface area (Å²) in [6.07, 6.45) is 0.402. The van der Waals surface area contributed by atoms with Crippen LogP contribution in [0.2, 0.25) is 0 Å². The van der Waals surface area contributed by atoms with Gasteiger partial charge in [0.1, 0.15) is 0 Å². The first kappa shape index (κ1) is 14.4. The van der Waals surface area contributed by atoms with Crippen LogP contribution in [-0.4, -0.2) is 27.2 Å². The van der Waals surface area contributed by atoms with Gasteiger partial charge in [-0.1, -0.05) is 12.1 Å². The number of halogens is 1. The molecular formula is C11H13IO4S. The Morgan fingerprint density at radius 3 is 2.59 bits per heavy atom. The van der Waals surface area contributed by atoms with E-state index in [1.165, 1.54) is 7.11 Å². The minimum absolute atomic E-state index is 0.0396. The van der Waals surface area contributed by atoms with Crippen molar-refractivity contribution in [2.45, 2.75) is 17.7 Å². The molecule has 0 N–H and O–H groups in total. The van der Waals surface area contributed by atoms with Crippen LogP contribution in [0.1, 0.15) is 12.8 Å². The first-order chi connectivity index (χ1) is 7.97. The summed E-state index contributed by atoms with van der Waals surface area (Å²) in [5.41, 5.74) is 0. The van der Waals surface area contributed by atoms with E-state index in [1.807, 2.05) is 22.6 Å². The number of rotatable bonds is 5. The predicted molar refractivity (Wildman–Crippen MR) is 72.5 cm³/mol. The minimum atomic E-state index is -3.31. The molecule has 0 spiro atoms. The second-order valence-corrected chi connectivity index (χ2v) is 6.67. The molecular weight excluding hydrogens is 355 g/mol. The summed E-state index contributed by atoms with van der Waals surface area (Å²) in [6, 6.07) is 6.80. The van der Waals surface area contributed by atoms with Gasteiger partial charge in [-0.15, -0.1) is 0 Å². The Morgan fingerprint density at radius 1 is 1.35 bits per heavy atom. The van der Waals surface area contributed by atoms with Crippen molar-refractivity contribution in [3.8, 4) is 0 Å². The van der Waals surface area contributed by atoms with Gasteiger partial charge >= 0.3 is 5.97 Å². The largest absolute Gasteiger partial charge is 0.469 e. The molecule has 1 rings (SSSR count). The van der Waals surface area contributed by atoms with Gasteiger partial charge in [0.15, 0.2) is 9.84 Å². The normalized spacial score (nSPS) is 11.2. The summed E-state index contributed by atoms with van der Waals surface area (Å²) < 4.78 is 29.1. The molecule has 0 fully saturated rings. The first-order valence-electron chi connectivity index (χ1n) is 5.01. The number of carbonyl (C=O) groups is 1. The van der Waals surface area contributed by atoms with E-state index < -0.39 is 9.84 Å². The molecule has 0 aliphatic rings. The van der Waals surface area contributed by atoms with Gasteiger partial charge < -0.3 is 4.74 Å². The average molecular weight is 368 g/mol. The lowest BCUT2D eigenvalue weighted by Crippen LogP contribution is -2.10. The standard InChI is InChI=1S/C11H13IO4S/c1-16-11(13)7-4-8-17(14,15)10-6-3-2-5-9(10)12/h2-3,5-6H,4,7-8H2,1H3. The highest BCUT2D eigenvalue weighted by atomic mass is 127. The molecule has 0 bridgehead atoms. The Bertz CT molecular complexity index is 496. The van der Waals surface area contributed by atoms with Crippen LogP contribution in [0, 0.1) is 3.57 Å². The summed E-state index contributed by atoms with van der Waals surface area (Å²) >= 11 is 1.99. The van der Waals surface area contributed by atoms with Crippen LogP contribution in [0.3, 0.4) is 0 Å². The number of benzene rings is 1. The molecule has 0 unspecified atom stereocenters. The van der Waals surface area contributed by atoms with Gasteiger partial charge in [-0.05, 0) is 41.1 Å². The summed E-state index contributed by atoms with van der Waals surface area (Å²) in [6.45, 7) is 0. The van der Waals surface area contributed by atoms with Crippen LogP contribution in [0.4, 0.5) is 0 Å². The number of sulfone groups is 1. The molecule has 1 aromatic carbocycles. The third-order valence-electron chi connectivity index (χ3n) is 2.19. The van der Waals surface area contributed by atoms with Crippen LogP contribution in [0.15, 0.2) is 29.2 Å². The summed E-state index contributed by atoms with van der Waals surface area (Å²) in [4.78, 5) is 11.2. The number of methoxy groups -OCH3 is 1. The van der Waals surface area contributed by atoms with E-state index in [-0.39, 0.29) is 24.6 Å². The number of esters is 1. The van der Waals surface area contributed by atoms with Crippen molar-refractivity contribution < 1.29 is 17.9 Å². The van der Waals surface area contributed by atoms with E-state index in [2.05, 4.69) is 4.74 Å². The topological polar surface area (TPSA) is 60.4 Å². The molecule has 0 amide bonds. The number of ether oxygens (including phenoxy) is 1. The smallest absolute Gasteiger partial charge is 0.305 e. The van der Waals surface area contributed by atoms with Gasteiger partial charge in [-0.3, -0.25) is 4.79 Å². The average Bonchev–Trinajstić information content (AvgIpc) is 2.28. The van der Waals surface area contributed by atoms with Gasteiger partial charge in [0, 0.05) is 9.99 Å². The van der Waals surface area contributed by atoms with E-state index in [0.29, 0.717) is 8.47 Å². The first-order valence-corrected chi connectivity index (χ1v) is 7.74. The maximum absolute atomic E-state index is 12.0. The van der Waals surface area contributed by atoms with Gasteiger partial charge in [0.05, 0.1) is 17.8 Å². The van der Waals surface area contributed by atoms with Crippen molar-refractivity contribution in [2.75, 3.05) is 12.9 Å². The van der Waals surface area contributed by atoms with Crippen LogP contribution in [0.25, 0.3) is 0 Å². The highest BCUT2D eigenvalue weighted by Gasteiger charge is 2.17. The fraction of sp³-hybridized carbons (Fsp3) is 0.364. The molecule has 4 nitrogen and oxygen atoms in total. The number of carbonyl (C=O) groups excluding carboxylic acids is 1. The van der Waals surface area contributed by atoms with E-state index >= 15 is 0 Å². The fourth-order valence-electron chi connectivity index (χ4n) is 1.32. The molecule has 0 heterocycles. The third kappa shape index (κ3) is 4.27. The van der Waals surface area contributed by atoms with Crippen LogP contribution >= 0.6 is 22.6 Å². The molecule has 0 aliphatic carbocycles. The third-order valence-corrected chi connectivity index (χ3v) is 5.35. The SMILES string of the molecule is COC(=O)CCCS(=O)(=O)c1ccccc1I. The highest BCUT2D eigenvalue weighted by molar-refractivity contribution is 14.1. The molecule has 6 heteroatoms. The van der Waals surface area contributed by atoms with Crippen molar-refractivity contribution >= 4 is 38.4 Å². The highest BCUT2D eigenvalue weighted by Crippen LogP contribution is 2.19. The van der Waals surface area contributed by atoms with Crippen LogP contribution in [-0.2, 0) is 19.4 Å². The van der Waals surface area contributed by atoms with Crippen molar-refractivity contribution in [3.63, 3.8) is 0 Å². The van der Waals surface area contributed by atoms with E-state index in [9.17, 15) is 13.2 Å². The van der Waals surface area contributed by atoms with E-state index in [1.54, 1.807) is 24.3 Å². The Balaban J connectivity index is 2.70. The Morgan fingerprint density at radius 2 is 2.00 bits per heavy atom. The lowest BCUT2D eigenvalue weighted by Gasteiger charge is -2.05. The van der Waals surface area contributed by atoms with Gasteiger partial charge in [0.25, 0.3) is 0 Å². The van der Waals surface area contributed by atoms with Crippen molar-refractivity contribution in [1.29, 1.82) is 0 Å². The van der Waals surface area contributed by atoms with E-state index in [4.69, 9.17) is 0 Å². The molecule has 94 valence electrons. The lowest BCUT2D eigenvalue weighted by atomic mass is 10.3. The minimum Gasteiger partial charge on any atom is -0.469 e. The maximum atomic E-state index is 12.0. The molecule has 0 radical (unpaired) electrons. The van der Waals surface area contributed by atoms with Crippen molar-refractivity contribution in [3.05, 3.63) is 27.8 Å². The summed E-state index contributed by atoms with van der Waals surface area (Å²) in [5.74, 6) is -0.426. The van der Waals surface area contributed by atoms with Crippen LogP contribution < -0.4 is 0 Å². The molecule has 0 atom stereocenters. The molecule has 0 saturated heterocycles. The molecule has 0 aliphatic heterocycles. The van der Waals surface area contributed by atoms with Gasteiger partial charge in [-0.2, -0.15) is 0 Å². The van der Waals surface area contributed by atoms with Crippen molar-refractivity contribution in [1.82, 2.24) is 0 Å². The quantitative estimate of drug-likeness (QED) is 0.590. The molecule has 0 aromatic heterocycles. The number of hydrogen-bond donors (Lipinski definition) is 0. The Hall–Kier alpha value is -0.630. The van der Waals surface area contributed by atoms with E-state index in [0.717, 1.165) is 0 Å². The van der Waals surface area contributed by atoms with Gasteiger partial charge in [0.2, 0.25) is 0 Å². The monoisotopic (exact) mass is 368 g/mol. The maximum Gasteiger partial charge on any atom is 0.305 e. The van der Waals surface area contributed by atoms with Gasteiger partial charge in [-0.25, -0.2) is 8.42 Å². The zero-order chi connectivity index (χ0) is 12.9. The predicted octanol–water partition coefficient (Wildman–Crippen LogP) is 2.02. The zero-order valence-electron chi connectivity index (χ0n) is 9.35. The Labute approximate surface area is 114 Å². The summed E-state index contributed by atoms with van der Waals surface area (Å²) in [7, 11) is -2.02. The Kier molecular flexibility index (Phi) is 5.38. The van der Waals surface area contributed by atoms with Crippen LogP contribution in [0.5, 0.6) is 0 Å². The molecule has 1 aromatic rings. The lowest BCUT2D eigenvalue weighted by molar-refractivity contribution is -0.140.